The van der Waals surface area contributed by atoms with E-state index in [-0.39, 0.29) is 0 Å². The van der Waals surface area contributed by atoms with Crippen LogP contribution in [-0.2, 0) is 7.05 Å². The second-order valence-corrected chi connectivity index (χ2v) is 4.81. The Morgan fingerprint density at radius 1 is 1.25 bits per heavy atom. The smallest absolute Gasteiger partial charge is 0.0485 e. The van der Waals surface area contributed by atoms with Gasteiger partial charge in [0, 0.05) is 46.1 Å². The van der Waals surface area contributed by atoms with Crippen LogP contribution in [-0.4, -0.2) is 9.55 Å². The number of benzene rings is 1. The molecule has 3 aromatic rings. The number of fused-ring (bicyclic) bond motifs is 1. The van der Waals surface area contributed by atoms with Crippen molar-refractivity contribution in [2.75, 3.05) is 0 Å². The number of hydrogen-bond donors (Lipinski definition) is 1. The number of hydrogen-bond acceptors (Lipinski definition) is 0. The summed E-state index contributed by atoms with van der Waals surface area (Å²) >= 11 is 3.52. The van der Waals surface area contributed by atoms with Gasteiger partial charge < -0.3 is 9.55 Å². The lowest BCUT2D eigenvalue weighted by molar-refractivity contribution is 0.969. The van der Waals surface area contributed by atoms with Crippen LogP contribution in [0.3, 0.4) is 0 Å². The van der Waals surface area contributed by atoms with Gasteiger partial charge in [0.1, 0.15) is 0 Å². The highest BCUT2D eigenvalue weighted by Gasteiger charge is 2.08. The van der Waals surface area contributed by atoms with Crippen LogP contribution < -0.4 is 0 Å². The summed E-state index contributed by atoms with van der Waals surface area (Å²) in [5, 5.41) is 1.26. The molecule has 2 aromatic heterocycles. The van der Waals surface area contributed by atoms with E-state index in [0.29, 0.717) is 0 Å². The third kappa shape index (κ3) is 1.39. The van der Waals surface area contributed by atoms with Crippen LogP contribution >= 0.6 is 15.9 Å². The van der Waals surface area contributed by atoms with Crippen molar-refractivity contribution in [1.29, 1.82) is 0 Å². The normalized spacial score (nSPS) is 11.1. The molecule has 3 heteroatoms. The van der Waals surface area contributed by atoms with Gasteiger partial charge in [0.15, 0.2) is 0 Å². The van der Waals surface area contributed by atoms with E-state index in [4.69, 9.17) is 0 Å². The predicted octanol–water partition coefficient (Wildman–Crippen LogP) is 3.94. The zero-order valence-electron chi connectivity index (χ0n) is 8.87. The van der Waals surface area contributed by atoms with E-state index in [1.165, 1.54) is 16.5 Å². The summed E-state index contributed by atoms with van der Waals surface area (Å²) in [6.45, 7) is 0. The minimum absolute atomic E-state index is 1.11. The van der Waals surface area contributed by atoms with Crippen LogP contribution in [0.4, 0.5) is 0 Å². The van der Waals surface area contributed by atoms with Gasteiger partial charge in [0.05, 0.1) is 0 Å². The predicted molar refractivity (Wildman–Crippen MR) is 70.4 cm³/mol. The molecule has 3 rings (SSSR count). The SMILES string of the molecule is Cn1cc(-c2ccc[nH]2)c2cc(Br)ccc21. The van der Waals surface area contributed by atoms with E-state index in [9.17, 15) is 0 Å². The quantitative estimate of drug-likeness (QED) is 0.694. The Labute approximate surface area is 102 Å². The minimum atomic E-state index is 1.11. The monoisotopic (exact) mass is 274 g/mol. The Hall–Kier alpha value is -1.48. The van der Waals surface area contributed by atoms with Crippen molar-refractivity contribution in [3.8, 4) is 11.3 Å². The van der Waals surface area contributed by atoms with E-state index in [1.807, 2.05) is 12.3 Å². The van der Waals surface area contributed by atoms with Crippen LogP contribution in [0.15, 0.2) is 47.2 Å². The standard InChI is InChI=1S/C13H11BrN2/c1-16-8-11(12-3-2-6-15-12)10-7-9(14)4-5-13(10)16/h2-8,15H,1H3. The Balaban J connectivity index is 2.37. The average molecular weight is 275 g/mol. The van der Waals surface area contributed by atoms with Gasteiger partial charge in [0.2, 0.25) is 0 Å². The number of rotatable bonds is 1. The molecule has 1 aromatic carbocycles. The summed E-state index contributed by atoms with van der Waals surface area (Å²) < 4.78 is 3.26. The van der Waals surface area contributed by atoms with Crippen molar-refractivity contribution in [3.05, 3.63) is 47.2 Å². The number of aromatic amines is 1. The first kappa shape index (κ1) is 9.73. The molecule has 80 valence electrons. The summed E-state index contributed by atoms with van der Waals surface area (Å²) in [7, 11) is 2.07. The molecule has 0 amide bonds. The second-order valence-electron chi connectivity index (χ2n) is 3.90. The third-order valence-electron chi connectivity index (χ3n) is 2.84. The maximum absolute atomic E-state index is 3.52. The zero-order chi connectivity index (χ0) is 11.1. The molecule has 0 aliphatic heterocycles. The van der Waals surface area contributed by atoms with Crippen LogP contribution in [0.25, 0.3) is 22.2 Å². The lowest BCUT2D eigenvalue weighted by Gasteiger charge is -1.97. The fourth-order valence-corrected chi connectivity index (χ4v) is 2.44. The Kier molecular flexibility index (Phi) is 2.14. The van der Waals surface area contributed by atoms with Crippen molar-refractivity contribution in [1.82, 2.24) is 9.55 Å². The van der Waals surface area contributed by atoms with Gasteiger partial charge in [-0.25, -0.2) is 0 Å². The minimum Gasteiger partial charge on any atom is -0.361 e. The van der Waals surface area contributed by atoms with Gasteiger partial charge in [-0.05, 0) is 30.3 Å². The summed E-state index contributed by atoms with van der Waals surface area (Å²) in [6, 6.07) is 10.5. The molecular formula is C13H11BrN2. The highest BCUT2D eigenvalue weighted by atomic mass is 79.9. The van der Waals surface area contributed by atoms with E-state index < -0.39 is 0 Å². The van der Waals surface area contributed by atoms with E-state index in [1.54, 1.807) is 0 Å². The van der Waals surface area contributed by atoms with Crippen molar-refractivity contribution in [3.63, 3.8) is 0 Å². The topological polar surface area (TPSA) is 20.7 Å². The maximum Gasteiger partial charge on any atom is 0.0485 e. The lowest BCUT2D eigenvalue weighted by Crippen LogP contribution is -1.82. The first-order chi connectivity index (χ1) is 7.75. The van der Waals surface area contributed by atoms with E-state index in [0.717, 1.165) is 10.2 Å². The van der Waals surface area contributed by atoms with E-state index in [2.05, 4.69) is 63.0 Å². The molecule has 0 radical (unpaired) electrons. The number of nitrogens with one attached hydrogen (secondary N) is 1. The van der Waals surface area contributed by atoms with Crippen molar-refractivity contribution in [2.45, 2.75) is 0 Å². The number of H-pyrrole nitrogens is 1. The molecule has 0 spiro atoms. The first-order valence-electron chi connectivity index (χ1n) is 5.14. The molecule has 0 unspecified atom stereocenters. The molecule has 2 nitrogen and oxygen atoms in total. The Bertz CT molecular complexity index is 635. The van der Waals surface area contributed by atoms with Crippen LogP contribution in [0.5, 0.6) is 0 Å². The van der Waals surface area contributed by atoms with Gasteiger partial charge in [0.25, 0.3) is 0 Å². The summed E-state index contributed by atoms with van der Waals surface area (Å²) in [5.41, 5.74) is 3.64. The lowest BCUT2D eigenvalue weighted by atomic mass is 10.1. The molecule has 0 saturated carbocycles. The van der Waals surface area contributed by atoms with Gasteiger partial charge in [-0.3, -0.25) is 0 Å². The van der Waals surface area contributed by atoms with Gasteiger partial charge >= 0.3 is 0 Å². The van der Waals surface area contributed by atoms with Gasteiger partial charge in [-0.1, -0.05) is 15.9 Å². The molecule has 0 atom stereocenters. The summed E-state index contributed by atoms with van der Waals surface area (Å²) in [6.07, 6.45) is 4.11. The number of nitrogens with zero attached hydrogens (tertiary/aromatic N) is 1. The summed E-state index contributed by atoms with van der Waals surface area (Å²) in [5.74, 6) is 0. The van der Waals surface area contributed by atoms with Gasteiger partial charge in [-0.15, -0.1) is 0 Å². The summed E-state index contributed by atoms with van der Waals surface area (Å²) in [4.78, 5) is 3.25. The fourth-order valence-electron chi connectivity index (χ4n) is 2.08. The molecule has 0 saturated heterocycles. The second kappa shape index (κ2) is 3.52. The highest BCUT2D eigenvalue weighted by molar-refractivity contribution is 9.10. The Morgan fingerprint density at radius 3 is 2.88 bits per heavy atom. The molecular weight excluding hydrogens is 264 g/mol. The molecule has 0 bridgehead atoms. The van der Waals surface area contributed by atoms with Crippen LogP contribution in [0, 0.1) is 0 Å². The molecule has 0 fully saturated rings. The largest absolute Gasteiger partial charge is 0.361 e. The number of aryl methyl sites for hydroxylation is 1. The third-order valence-corrected chi connectivity index (χ3v) is 3.33. The molecule has 16 heavy (non-hydrogen) atoms. The van der Waals surface area contributed by atoms with Crippen LogP contribution in [0.1, 0.15) is 0 Å². The molecule has 2 heterocycles. The number of aromatic nitrogens is 2. The first-order valence-corrected chi connectivity index (χ1v) is 5.93. The molecule has 1 N–H and O–H groups in total. The molecule has 0 aliphatic carbocycles. The van der Waals surface area contributed by atoms with Crippen LogP contribution in [0.2, 0.25) is 0 Å². The Morgan fingerprint density at radius 2 is 2.12 bits per heavy atom. The fraction of sp³-hybridized carbons (Fsp3) is 0.0769. The van der Waals surface area contributed by atoms with Crippen molar-refractivity contribution in [2.24, 2.45) is 7.05 Å². The average Bonchev–Trinajstić information content (AvgIpc) is 2.86. The van der Waals surface area contributed by atoms with E-state index >= 15 is 0 Å². The maximum atomic E-state index is 3.52. The van der Waals surface area contributed by atoms with Crippen molar-refractivity contribution < 1.29 is 0 Å². The zero-order valence-corrected chi connectivity index (χ0v) is 10.5. The van der Waals surface area contributed by atoms with Gasteiger partial charge in [-0.2, -0.15) is 0 Å². The highest BCUT2D eigenvalue weighted by Crippen LogP contribution is 2.30. The molecule has 0 aliphatic rings. The van der Waals surface area contributed by atoms with Crippen molar-refractivity contribution >= 4 is 26.8 Å². The number of halogens is 1.